The summed E-state index contributed by atoms with van der Waals surface area (Å²) in [6.07, 6.45) is 1.73. The Morgan fingerprint density at radius 2 is 1.90 bits per heavy atom. The van der Waals surface area contributed by atoms with Gasteiger partial charge in [-0.25, -0.2) is 9.48 Å². The molecule has 0 amide bonds. The first-order valence-corrected chi connectivity index (χ1v) is 6.52. The summed E-state index contributed by atoms with van der Waals surface area (Å²) in [7, 11) is 4.58. The van der Waals surface area contributed by atoms with E-state index in [0.29, 0.717) is 26.4 Å². The molecule has 8 nitrogen and oxygen atoms in total. The molecule has 8 heteroatoms. The minimum Gasteiger partial charge on any atom is -0.382 e. The fourth-order valence-corrected chi connectivity index (χ4v) is 1.59. The number of unbranched alkanes of at least 4 members (excludes halogenated alkanes) is 1. The zero-order valence-corrected chi connectivity index (χ0v) is 12.2. The van der Waals surface area contributed by atoms with Gasteiger partial charge in [0.15, 0.2) is 0 Å². The second-order valence-corrected chi connectivity index (χ2v) is 4.36. The predicted molar refractivity (Wildman–Crippen MR) is 75.1 cm³/mol. The van der Waals surface area contributed by atoms with Gasteiger partial charge in [0.05, 0.1) is 13.2 Å². The van der Waals surface area contributed by atoms with Crippen molar-refractivity contribution in [1.82, 2.24) is 14.3 Å². The van der Waals surface area contributed by atoms with E-state index >= 15 is 0 Å². The molecule has 0 unspecified atom stereocenters. The van der Waals surface area contributed by atoms with Crippen LogP contribution < -0.4 is 16.6 Å². The molecule has 0 fully saturated rings. The Morgan fingerprint density at radius 3 is 2.60 bits per heavy atom. The molecule has 0 aliphatic heterocycles. The number of hydrogen-bond acceptors (Lipinski definition) is 6. The quantitative estimate of drug-likeness (QED) is 0.606. The van der Waals surface area contributed by atoms with Crippen LogP contribution in [-0.2, 0) is 23.6 Å². The standard InChI is InChI=1S/C12H22N4O4/c1-15-11(17)10(14-16(2)12(15)18)13-6-4-5-7-20-9-8-19-3/h4-9H2,1-3H3,(H,13,14). The Labute approximate surface area is 117 Å². The van der Waals surface area contributed by atoms with Gasteiger partial charge in [0.1, 0.15) is 0 Å². The monoisotopic (exact) mass is 286 g/mol. The van der Waals surface area contributed by atoms with E-state index in [1.54, 1.807) is 7.11 Å². The molecule has 1 rings (SSSR count). The van der Waals surface area contributed by atoms with Crippen molar-refractivity contribution in [3.8, 4) is 0 Å². The Hall–Kier alpha value is -1.67. The Balaban J connectivity index is 2.33. The van der Waals surface area contributed by atoms with Crippen LogP contribution in [0.1, 0.15) is 12.8 Å². The summed E-state index contributed by atoms with van der Waals surface area (Å²) in [5.41, 5.74) is -0.850. The Morgan fingerprint density at radius 1 is 1.15 bits per heavy atom. The molecule has 0 saturated heterocycles. The highest BCUT2D eigenvalue weighted by atomic mass is 16.5. The molecule has 0 radical (unpaired) electrons. The van der Waals surface area contributed by atoms with Crippen molar-refractivity contribution in [1.29, 1.82) is 0 Å². The van der Waals surface area contributed by atoms with Crippen LogP contribution in [0.2, 0.25) is 0 Å². The maximum absolute atomic E-state index is 11.8. The summed E-state index contributed by atoms with van der Waals surface area (Å²) < 4.78 is 12.4. The van der Waals surface area contributed by atoms with Crippen molar-refractivity contribution in [3.63, 3.8) is 0 Å². The minimum atomic E-state index is -0.438. The molecule has 0 bridgehead atoms. The van der Waals surface area contributed by atoms with E-state index in [0.717, 1.165) is 22.1 Å². The molecule has 1 N–H and O–H groups in total. The van der Waals surface area contributed by atoms with E-state index in [2.05, 4.69) is 10.4 Å². The van der Waals surface area contributed by atoms with Crippen molar-refractivity contribution in [3.05, 3.63) is 20.8 Å². The fourth-order valence-electron chi connectivity index (χ4n) is 1.59. The summed E-state index contributed by atoms with van der Waals surface area (Å²) in [6, 6.07) is 0. The lowest BCUT2D eigenvalue weighted by Crippen LogP contribution is -2.40. The molecule has 0 saturated carbocycles. The highest BCUT2D eigenvalue weighted by Crippen LogP contribution is 1.94. The van der Waals surface area contributed by atoms with E-state index in [1.165, 1.54) is 14.1 Å². The number of methoxy groups -OCH3 is 1. The van der Waals surface area contributed by atoms with Crippen LogP contribution in [0, 0.1) is 0 Å². The van der Waals surface area contributed by atoms with Gasteiger partial charge in [-0.1, -0.05) is 0 Å². The van der Waals surface area contributed by atoms with E-state index < -0.39 is 11.2 Å². The first-order chi connectivity index (χ1) is 9.57. The molecule has 0 aliphatic rings. The molecule has 0 spiro atoms. The fraction of sp³-hybridized carbons (Fsp3) is 0.750. The lowest BCUT2D eigenvalue weighted by atomic mass is 10.3. The topological polar surface area (TPSA) is 87.4 Å². The SMILES string of the molecule is COCCOCCCCNc1nn(C)c(=O)n(C)c1=O. The number of nitrogens with zero attached hydrogens (tertiary/aromatic N) is 3. The number of ether oxygens (including phenoxy) is 2. The normalized spacial score (nSPS) is 10.8. The lowest BCUT2D eigenvalue weighted by molar-refractivity contribution is 0.0691. The van der Waals surface area contributed by atoms with E-state index in [4.69, 9.17) is 9.47 Å². The van der Waals surface area contributed by atoms with Gasteiger partial charge in [0.2, 0.25) is 5.82 Å². The van der Waals surface area contributed by atoms with Crippen molar-refractivity contribution < 1.29 is 9.47 Å². The number of anilines is 1. The molecule has 1 aromatic rings. The van der Waals surface area contributed by atoms with Gasteiger partial charge in [0, 0.05) is 34.4 Å². The van der Waals surface area contributed by atoms with E-state index in [1.807, 2.05) is 0 Å². The molecule has 0 aliphatic carbocycles. The van der Waals surface area contributed by atoms with Crippen LogP contribution in [0.3, 0.4) is 0 Å². The molecule has 1 aromatic heterocycles. The zero-order valence-electron chi connectivity index (χ0n) is 12.2. The van der Waals surface area contributed by atoms with Crippen molar-refractivity contribution in [2.24, 2.45) is 14.1 Å². The van der Waals surface area contributed by atoms with Crippen LogP contribution in [0.4, 0.5) is 5.82 Å². The van der Waals surface area contributed by atoms with Gasteiger partial charge in [-0.15, -0.1) is 5.10 Å². The number of nitrogens with one attached hydrogen (secondary N) is 1. The summed E-state index contributed by atoms with van der Waals surface area (Å²) >= 11 is 0. The third-order valence-corrected chi connectivity index (χ3v) is 2.76. The van der Waals surface area contributed by atoms with Gasteiger partial charge >= 0.3 is 5.69 Å². The number of hydrogen-bond donors (Lipinski definition) is 1. The molecule has 0 aromatic carbocycles. The number of rotatable bonds is 9. The first kappa shape index (κ1) is 16.4. The third-order valence-electron chi connectivity index (χ3n) is 2.76. The molecule has 1 heterocycles. The highest BCUT2D eigenvalue weighted by molar-refractivity contribution is 5.29. The van der Waals surface area contributed by atoms with Crippen LogP contribution in [0.25, 0.3) is 0 Å². The van der Waals surface area contributed by atoms with Crippen molar-refractivity contribution >= 4 is 5.82 Å². The smallest absolute Gasteiger partial charge is 0.346 e. The second kappa shape index (κ2) is 8.49. The maximum atomic E-state index is 11.8. The average Bonchev–Trinajstić information content (AvgIpc) is 2.44. The zero-order chi connectivity index (χ0) is 15.0. The van der Waals surface area contributed by atoms with Crippen molar-refractivity contribution in [2.45, 2.75) is 12.8 Å². The van der Waals surface area contributed by atoms with Crippen LogP contribution in [0.5, 0.6) is 0 Å². The van der Waals surface area contributed by atoms with Crippen LogP contribution >= 0.6 is 0 Å². The summed E-state index contributed by atoms with van der Waals surface area (Å²) in [4.78, 5) is 23.2. The van der Waals surface area contributed by atoms with Gasteiger partial charge in [-0.3, -0.25) is 9.36 Å². The molecule has 114 valence electrons. The highest BCUT2D eigenvalue weighted by Gasteiger charge is 2.07. The van der Waals surface area contributed by atoms with Gasteiger partial charge in [0.25, 0.3) is 5.56 Å². The van der Waals surface area contributed by atoms with Gasteiger partial charge in [-0.05, 0) is 12.8 Å². The van der Waals surface area contributed by atoms with Crippen LogP contribution in [0.15, 0.2) is 9.59 Å². The van der Waals surface area contributed by atoms with E-state index in [9.17, 15) is 9.59 Å². The molecular weight excluding hydrogens is 264 g/mol. The molecular formula is C12H22N4O4. The Kier molecular flexibility index (Phi) is 6.96. The summed E-state index contributed by atoms with van der Waals surface area (Å²) in [6.45, 7) is 2.45. The van der Waals surface area contributed by atoms with Crippen molar-refractivity contribution in [2.75, 3.05) is 38.8 Å². The first-order valence-electron chi connectivity index (χ1n) is 6.52. The second-order valence-electron chi connectivity index (χ2n) is 4.36. The summed E-state index contributed by atoms with van der Waals surface area (Å²) in [5, 5.41) is 6.84. The minimum absolute atomic E-state index is 0.190. The maximum Gasteiger partial charge on any atom is 0.346 e. The number of aromatic nitrogens is 3. The lowest BCUT2D eigenvalue weighted by Gasteiger charge is -2.08. The van der Waals surface area contributed by atoms with Gasteiger partial charge < -0.3 is 14.8 Å². The predicted octanol–water partition coefficient (Wildman–Crippen LogP) is -0.666. The average molecular weight is 286 g/mol. The van der Waals surface area contributed by atoms with Gasteiger partial charge in [-0.2, -0.15) is 0 Å². The summed E-state index contributed by atoms with van der Waals surface area (Å²) in [5.74, 6) is 0.190. The third kappa shape index (κ3) is 4.78. The van der Waals surface area contributed by atoms with Crippen LogP contribution in [-0.4, -0.2) is 47.8 Å². The Bertz CT molecular complexity index is 523. The largest absolute Gasteiger partial charge is 0.382 e. The number of aryl methyl sites for hydroxylation is 1. The molecule has 20 heavy (non-hydrogen) atoms. The molecule has 0 atom stereocenters. The van der Waals surface area contributed by atoms with E-state index in [-0.39, 0.29) is 5.82 Å².